The first kappa shape index (κ1) is 17.4. The van der Waals surface area contributed by atoms with Gasteiger partial charge < -0.3 is 5.32 Å². The lowest BCUT2D eigenvalue weighted by Crippen LogP contribution is -2.19. The summed E-state index contributed by atoms with van der Waals surface area (Å²) in [6.07, 6.45) is 5.57. The molecule has 4 N–H and O–H groups in total. The normalized spacial score (nSPS) is 11.0. The lowest BCUT2D eigenvalue weighted by molar-refractivity contribution is 0.0707. The number of nitrogens with one attached hydrogen (secondary N) is 3. The fourth-order valence-electron chi connectivity index (χ4n) is 2.89. The van der Waals surface area contributed by atoms with Crippen LogP contribution in [0.15, 0.2) is 66.9 Å². The number of amides is 1. The Kier molecular flexibility index (Phi) is 4.81. The zero-order valence-corrected chi connectivity index (χ0v) is 14.8. The van der Waals surface area contributed by atoms with Crippen molar-refractivity contribution < 1.29 is 10.0 Å². The number of carbonyl (C=O) groups excluding carboxylic acids is 1. The van der Waals surface area contributed by atoms with Crippen LogP contribution in [0.25, 0.3) is 23.1 Å². The molecule has 4 aromatic rings. The Balaban J connectivity index is 1.60. The van der Waals surface area contributed by atoms with Gasteiger partial charge in [0, 0.05) is 17.3 Å². The third-order valence-corrected chi connectivity index (χ3v) is 4.24. The fourth-order valence-corrected chi connectivity index (χ4v) is 2.89. The highest BCUT2D eigenvalue weighted by Crippen LogP contribution is 2.25. The standard InChI is InChI=1S/C21H17N5O2/c27-21(26-28)17-6-1-2-7-18(17)23-15-8-10-16-19(24-25-20(16)13-15)11-9-14-5-3-4-12-22-14/h1-13,23,28H,(H,24,25)(H,26,27)/b11-9+. The number of fused-ring (bicyclic) bond motifs is 1. The highest BCUT2D eigenvalue weighted by molar-refractivity contribution is 6.00. The van der Waals surface area contributed by atoms with E-state index in [0.717, 1.165) is 28.0 Å². The van der Waals surface area contributed by atoms with Crippen LogP contribution in [0.1, 0.15) is 21.7 Å². The number of anilines is 2. The number of hydrogen-bond acceptors (Lipinski definition) is 5. The number of aromatic amines is 1. The summed E-state index contributed by atoms with van der Waals surface area (Å²) < 4.78 is 0. The van der Waals surface area contributed by atoms with Crippen molar-refractivity contribution in [3.8, 4) is 0 Å². The van der Waals surface area contributed by atoms with Gasteiger partial charge in [-0.2, -0.15) is 5.10 Å². The van der Waals surface area contributed by atoms with Gasteiger partial charge in [0.1, 0.15) is 0 Å². The molecule has 0 radical (unpaired) electrons. The average Bonchev–Trinajstić information content (AvgIpc) is 3.15. The maximum absolute atomic E-state index is 11.8. The Hall–Kier alpha value is -3.97. The average molecular weight is 371 g/mol. The van der Waals surface area contributed by atoms with Crippen LogP contribution in [0.3, 0.4) is 0 Å². The second kappa shape index (κ2) is 7.73. The third kappa shape index (κ3) is 3.60. The highest BCUT2D eigenvalue weighted by Gasteiger charge is 2.11. The topological polar surface area (TPSA) is 103 Å². The highest BCUT2D eigenvalue weighted by atomic mass is 16.5. The number of nitrogens with zero attached hydrogens (tertiary/aromatic N) is 2. The second-order valence-corrected chi connectivity index (χ2v) is 6.07. The molecule has 4 rings (SSSR count). The van der Waals surface area contributed by atoms with Crippen LogP contribution in [0.4, 0.5) is 11.4 Å². The number of hydroxylamine groups is 1. The molecular formula is C21H17N5O2. The van der Waals surface area contributed by atoms with E-state index in [1.807, 2.05) is 54.6 Å². The molecule has 0 aliphatic carbocycles. The van der Waals surface area contributed by atoms with Gasteiger partial charge in [0.05, 0.1) is 28.2 Å². The summed E-state index contributed by atoms with van der Waals surface area (Å²) in [5.74, 6) is -0.576. The van der Waals surface area contributed by atoms with E-state index in [2.05, 4.69) is 20.5 Å². The zero-order valence-electron chi connectivity index (χ0n) is 14.8. The predicted octanol–water partition coefficient (Wildman–Crippen LogP) is 3.99. The number of aromatic nitrogens is 3. The minimum absolute atomic E-state index is 0.341. The molecule has 0 fully saturated rings. The quantitative estimate of drug-likeness (QED) is 0.314. The summed E-state index contributed by atoms with van der Waals surface area (Å²) in [5, 5.41) is 20.4. The Morgan fingerprint density at radius 1 is 1.04 bits per heavy atom. The lowest BCUT2D eigenvalue weighted by Gasteiger charge is -2.10. The molecule has 138 valence electrons. The molecule has 2 aromatic heterocycles. The van der Waals surface area contributed by atoms with Gasteiger partial charge in [0.15, 0.2) is 0 Å². The monoisotopic (exact) mass is 371 g/mol. The van der Waals surface area contributed by atoms with Gasteiger partial charge in [-0.15, -0.1) is 0 Å². The number of rotatable bonds is 5. The smallest absolute Gasteiger partial charge is 0.276 e. The molecule has 0 spiro atoms. The molecule has 1 amide bonds. The lowest BCUT2D eigenvalue weighted by atomic mass is 10.1. The van der Waals surface area contributed by atoms with E-state index in [0.29, 0.717) is 11.3 Å². The summed E-state index contributed by atoms with van der Waals surface area (Å²) in [7, 11) is 0. The number of hydrogen-bond donors (Lipinski definition) is 4. The van der Waals surface area contributed by atoms with Crippen LogP contribution < -0.4 is 10.8 Å². The van der Waals surface area contributed by atoms with Crippen molar-refractivity contribution in [2.24, 2.45) is 0 Å². The molecule has 0 aliphatic heterocycles. The number of carbonyl (C=O) groups is 1. The van der Waals surface area contributed by atoms with Gasteiger partial charge in [-0.05, 0) is 54.6 Å². The molecule has 28 heavy (non-hydrogen) atoms. The number of H-pyrrole nitrogens is 1. The maximum atomic E-state index is 11.8. The molecule has 7 heteroatoms. The summed E-state index contributed by atoms with van der Waals surface area (Å²) in [4.78, 5) is 16.1. The van der Waals surface area contributed by atoms with Crippen molar-refractivity contribution in [3.05, 3.63) is 83.8 Å². The zero-order chi connectivity index (χ0) is 19.3. The van der Waals surface area contributed by atoms with E-state index in [-0.39, 0.29) is 0 Å². The van der Waals surface area contributed by atoms with Crippen LogP contribution in [0, 0.1) is 0 Å². The van der Waals surface area contributed by atoms with E-state index in [1.54, 1.807) is 29.9 Å². The van der Waals surface area contributed by atoms with E-state index in [1.165, 1.54) is 0 Å². The summed E-state index contributed by atoms with van der Waals surface area (Å²) >= 11 is 0. The molecule has 0 aliphatic rings. The maximum Gasteiger partial charge on any atom is 0.276 e. The van der Waals surface area contributed by atoms with Crippen LogP contribution >= 0.6 is 0 Å². The van der Waals surface area contributed by atoms with Gasteiger partial charge in [-0.3, -0.25) is 20.1 Å². The Bertz CT molecular complexity index is 1150. The number of benzene rings is 2. The Morgan fingerprint density at radius 2 is 1.89 bits per heavy atom. The fraction of sp³-hybridized carbons (Fsp3) is 0. The molecule has 0 bridgehead atoms. The van der Waals surface area contributed by atoms with Crippen molar-refractivity contribution >= 4 is 40.3 Å². The second-order valence-electron chi connectivity index (χ2n) is 6.07. The van der Waals surface area contributed by atoms with Gasteiger partial charge in [-0.1, -0.05) is 18.2 Å². The summed E-state index contributed by atoms with van der Waals surface area (Å²) in [6, 6.07) is 18.4. The molecule has 7 nitrogen and oxygen atoms in total. The van der Waals surface area contributed by atoms with Crippen LogP contribution in [0.2, 0.25) is 0 Å². The molecule has 0 saturated carbocycles. The van der Waals surface area contributed by atoms with Crippen molar-refractivity contribution in [1.29, 1.82) is 0 Å². The van der Waals surface area contributed by atoms with E-state index in [9.17, 15) is 4.79 Å². The van der Waals surface area contributed by atoms with Crippen LogP contribution in [0.5, 0.6) is 0 Å². The van der Waals surface area contributed by atoms with Crippen molar-refractivity contribution in [2.45, 2.75) is 0 Å². The van der Waals surface area contributed by atoms with Gasteiger partial charge in [-0.25, -0.2) is 5.48 Å². The minimum atomic E-state index is -0.576. The largest absolute Gasteiger partial charge is 0.355 e. The first-order valence-electron chi connectivity index (χ1n) is 8.62. The van der Waals surface area contributed by atoms with Crippen LogP contribution in [-0.4, -0.2) is 26.3 Å². The number of para-hydroxylation sites is 1. The molecule has 2 aromatic carbocycles. The summed E-state index contributed by atoms with van der Waals surface area (Å²) in [5.41, 5.74) is 5.90. The van der Waals surface area contributed by atoms with Gasteiger partial charge in [0.25, 0.3) is 5.91 Å². The van der Waals surface area contributed by atoms with Crippen molar-refractivity contribution in [2.75, 3.05) is 5.32 Å². The minimum Gasteiger partial charge on any atom is -0.355 e. The molecule has 0 atom stereocenters. The molecular weight excluding hydrogens is 354 g/mol. The molecule has 2 heterocycles. The predicted molar refractivity (Wildman–Crippen MR) is 108 cm³/mol. The van der Waals surface area contributed by atoms with Gasteiger partial charge in [0.2, 0.25) is 0 Å². The number of pyridine rings is 1. The van der Waals surface area contributed by atoms with Crippen LogP contribution in [-0.2, 0) is 0 Å². The van der Waals surface area contributed by atoms with Gasteiger partial charge >= 0.3 is 0 Å². The molecule has 0 saturated heterocycles. The van der Waals surface area contributed by atoms with Crippen molar-refractivity contribution in [3.63, 3.8) is 0 Å². The SMILES string of the molecule is O=C(NO)c1ccccc1Nc1ccc2c(/C=C/c3ccccn3)n[nH]c2c1. The van der Waals surface area contributed by atoms with E-state index in [4.69, 9.17) is 5.21 Å². The van der Waals surface area contributed by atoms with E-state index >= 15 is 0 Å². The summed E-state index contributed by atoms with van der Waals surface area (Å²) in [6.45, 7) is 0. The third-order valence-electron chi connectivity index (χ3n) is 4.24. The first-order valence-corrected chi connectivity index (χ1v) is 8.62. The van der Waals surface area contributed by atoms with Crippen molar-refractivity contribution in [1.82, 2.24) is 20.7 Å². The molecule has 0 unspecified atom stereocenters. The first-order chi connectivity index (χ1) is 13.7. The Morgan fingerprint density at radius 3 is 2.71 bits per heavy atom. The van der Waals surface area contributed by atoms with E-state index < -0.39 is 5.91 Å². The Labute approximate surface area is 160 Å².